The van der Waals surface area contributed by atoms with Crippen LogP contribution in [0.15, 0.2) is 42.5 Å². The largest absolute Gasteiger partial charge is 0.462 e. The fourth-order valence-electron chi connectivity index (χ4n) is 2.22. The van der Waals surface area contributed by atoms with Gasteiger partial charge in [-0.3, -0.25) is 0 Å². The molecule has 0 amide bonds. The van der Waals surface area contributed by atoms with Gasteiger partial charge in [0, 0.05) is 0 Å². The van der Waals surface area contributed by atoms with E-state index < -0.39 is 0 Å². The minimum Gasteiger partial charge on any atom is -0.462 e. The molecule has 0 atom stereocenters. The second-order valence-corrected chi connectivity index (χ2v) is 4.58. The highest BCUT2D eigenvalue weighted by Crippen LogP contribution is 2.28. The second kappa shape index (κ2) is 5.70. The van der Waals surface area contributed by atoms with Gasteiger partial charge in [-0.1, -0.05) is 42.0 Å². The van der Waals surface area contributed by atoms with Crippen molar-refractivity contribution in [2.24, 2.45) is 0 Å². The molecule has 0 aromatic heterocycles. The number of carbonyl (C=O) groups excluding carboxylic acids is 1. The zero-order valence-corrected chi connectivity index (χ0v) is 11.6. The van der Waals surface area contributed by atoms with Crippen LogP contribution in [-0.2, 0) is 4.74 Å². The molecule has 0 heterocycles. The van der Waals surface area contributed by atoms with Gasteiger partial charge in [-0.15, -0.1) is 0 Å². The molecule has 98 valence electrons. The van der Waals surface area contributed by atoms with E-state index in [-0.39, 0.29) is 5.97 Å². The number of esters is 1. The van der Waals surface area contributed by atoms with Gasteiger partial charge in [0.25, 0.3) is 0 Å². The molecule has 0 N–H and O–H groups in total. The summed E-state index contributed by atoms with van der Waals surface area (Å²) in [5.74, 6) is -0.266. The van der Waals surface area contributed by atoms with Gasteiger partial charge in [0.15, 0.2) is 0 Å². The van der Waals surface area contributed by atoms with Crippen LogP contribution in [-0.4, -0.2) is 12.6 Å². The van der Waals surface area contributed by atoms with Crippen molar-refractivity contribution < 1.29 is 9.53 Å². The van der Waals surface area contributed by atoms with E-state index in [9.17, 15) is 4.79 Å². The van der Waals surface area contributed by atoms with Gasteiger partial charge in [-0.2, -0.15) is 0 Å². The summed E-state index contributed by atoms with van der Waals surface area (Å²) in [5, 5.41) is 0. The quantitative estimate of drug-likeness (QED) is 0.769. The predicted molar refractivity (Wildman–Crippen MR) is 77.3 cm³/mol. The van der Waals surface area contributed by atoms with Crippen molar-refractivity contribution in [3.63, 3.8) is 0 Å². The zero-order chi connectivity index (χ0) is 13.8. The molecule has 2 rings (SSSR count). The highest BCUT2D eigenvalue weighted by molar-refractivity contribution is 5.97. The van der Waals surface area contributed by atoms with E-state index in [4.69, 9.17) is 4.74 Å². The number of aryl methyl sites for hydroxylation is 2. The Hall–Kier alpha value is -2.09. The van der Waals surface area contributed by atoms with Gasteiger partial charge in [-0.25, -0.2) is 4.79 Å². The lowest BCUT2D eigenvalue weighted by atomic mass is 9.95. The Morgan fingerprint density at radius 2 is 1.79 bits per heavy atom. The SMILES string of the molecule is CCOC(=O)c1ccccc1-c1ccc(C)cc1C. The molecular formula is C17H18O2. The van der Waals surface area contributed by atoms with E-state index in [1.54, 1.807) is 0 Å². The van der Waals surface area contributed by atoms with Gasteiger partial charge < -0.3 is 4.74 Å². The molecule has 2 heteroatoms. The molecule has 0 aliphatic rings. The minimum absolute atomic E-state index is 0.266. The maximum atomic E-state index is 12.0. The third-order valence-electron chi connectivity index (χ3n) is 3.09. The number of benzene rings is 2. The normalized spacial score (nSPS) is 10.3. The summed E-state index contributed by atoms with van der Waals surface area (Å²) in [6.07, 6.45) is 0. The molecule has 19 heavy (non-hydrogen) atoms. The van der Waals surface area contributed by atoms with Gasteiger partial charge >= 0.3 is 5.97 Å². The number of hydrogen-bond acceptors (Lipinski definition) is 2. The summed E-state index contributed by atoms with van der Waals surface area (Å²) in [6.45, 7) is 6.33. The summed E-state index contributed by atoms with van der Waals surface area (Å²) in [4.78, 5) is 12.0. The Labute approximate surface area is 114 Å². The maximum absolute atomic E-state index is 12.0. The molecule has 0 fully saturated rings. The van der Waals surface area contributed by atoms with E-state index in [0.29, 0.717) is 12.2 Å². The van der Waals surface area contributed by atoms with Crippen molar-refractivity contribution in [1.29, 1.82) is 0 Å². The smallest absolute Gasteiger partial charge is 0.338 e. The van der Waals surface area contributed by atoms with E-state index >= 15 is 0 Å². The van der Waals surface area contributed by atoms with Crippen LogP contribution in [0.4, 0.5) is 0 Å². The van der Waals surface area contributed by atoms with Crippen molar-refractivity contribution in [2.45, 2.75) is 20.8 Å². The van der Waals surface area contributed by atoms with Crippen LogP contribution >= 0.6 is 0 Å². The van der Waals surface area contributed by atoms with Crippen LogP contribution in [0.3, 0.4) is 0 Å². The van der Waals surface area contributed by atoms with E-state index in [2.05, 4.69) is 32.0 Å². The molecule has 2 nitrogen and oxygen atoms in total. The fraction of sp³-hybridized carbons (Fsp3) is 0.235. The molecule has 0 aliphatic heterocycles. The summed E-state index contributed by atoms with van der Waals surface area (Å²) in [5.41, 5.74) is 5.01. The summed E-state index contributed by atoms with van der Waals surface area (Å²) in [7, 11) is 0. The minimum atomic E-state index is -0.266. The van der Waals surface area contributed by atoms with Crippen molar-refractivity contribution in [1.82, 2.24) is 0 Å². The number of carbonyl (C=O) groups is 1. The van der Waals surface area contributed by atoms with Crippen LogP contribution in [0.1, 0.15) is 28.4 Å². The van der Waals surface area contributed by atoms with Gasteiger partial charge in [0.05, 0.1) is 12.2 Å². The van der Waals surface area contributed by atoms with E-state index in [1.165, 1.54) is 5.56 Å². The van der Waals surface area contributed by atoms with Crippen molar-refractivity contribution >= 4 is 5.97 Å². The van der Waals surface area contributed by atoms with Gasteiger partial charge in [0.1, 0.15) is 0 Å². The molecule has 0 saturated heterocycles. The summed E-state index contributed by atoms with van der Waals surface area (Å²) in [6, 6.07) is 13.8. The third kappa shape index (κ3) is 2.84. The maximum Gasteiger partial charge on any atom is 0.338 e. The number of hydrogen-bond donors (Lipinski definition) is 0. The number of rotatable bonds is 3. The first-order valence-electron chi connectivity index (χ1n) is 6.47. The molecule has 0 radical (unpaired) electrons. The van der Waals surface area contributed by atoms with Crippen LogP contribution < -0.4 is 0 Å². The molecular weight excluding hydrogens is 236 g/mol. The lowest BCUT2D eigenvalue weighted by Crippen LogP contribution is -2.06. The molecule has 0 aliphatic carbocycles. The van der Waals surface area contributed by atoms with Gasteiger partial charge in [-0.05, 0) is 43.5 Å². The third-order valence-corrected chi connectivity index (χ3v) is 3.09. The fourth-order valence-corrected chi connectivity index (χ4v) is 2.22. The highest BCUT2D eigenvalue weighted by atomic mass is 16.5. The summed E-state index contributed by atoms with van der Waals surface area (Å²) >= 11 is 0. The second-order valence-electron chi connectivity index (χ2n) is 4.58. The van der Waals surface area contributed by atoms with Crippen molar-refractivity contribution in [3.8, 4) is 11.1 Å². The average Bonchev–Trinajstić information content (AvgIpc) is 2.39. The zero-order valence-electron chi connectivity index (χ0n) is 11.6. The Morgan fingerprint density at radius 3 is 2.47 bits per heavy atom. The predicted octanol–water partition coefficient (Wildman–Crippen LogP) is 4.15. The monoisotopic (exact) mass is 254 g/mol. The van der Waals surface area contributed by atoms with Crippen LogP contribution in [0.2, 0.25) is 0 Å². The Morgan fingerprint density at radius 1 is 1.05 bits per heavy atom. The van der Waals surface area contributed by atoms with Crippen molar-refractivity contribution in [2.75, 3.05) is 6.61 Å². The summed E-state index contributed by atoms with van der Waals surface area (Å²) < 4.78 is 5.11. The molecule has 0 saturated carbocycles. The molecule has 0 bridgehead atoms. The Balaban J connectivity index is 2.53. The van der Waals surface area contributed by atoms with Crippen LogP contribution in [0.25, 0.3) is 11.1 Å². The first kappa shape index (κ1) is 13.3. The number of ether oxygens (including phenoxy) is 1. The van der Waals surface area contributed by atoms with Crippen molar-refractivity contribution in [3.05, 3.63) is 59.2 Å². The Bertz CT molecular complexity index is 600. The topological polar surface area (TPSA) is 26.3 Å². The molecule has 2 aromatic carbocycles. The lowest BCUT2D eigenvalue weighted by Gasteiger charge is -2.11. The highest BCUT2D eigenvalue weighted by Gasteiger charge is 2.14. The lowest BCUT2D eigenvalue weighted by molar-refractivity contribution is 0.0527. The molecule has 2 aromatic rings. The van der Waals surface area contributed by atoms with Crippen LogP contribution in [0, 0.1) is 13.8 Å². The molecule has 0 spiro atoms. The van der Waals surface area contributed by atoms with Crippen LogP contribution in [0.5, 0.6) is 0 Å². The first-order chi connectivity index (χ1) is 9.13. The molecule has 0 unspecified atom stereocenters. The first-order valence-corrected chi connectivity index (χ1v) is 6.47. The van der Waals surface area contributed by atoms with Gasteiger partial charge in [0.2, 0.25) is 0 Å². The standard InChI is InChI=1S/C17H18O2/c1-4-19-17(18)16-8-6-5-7-15(16)14-10-9-12(2)11-13(14)3/h5-11H,4H2,1-3H3. The average molecular weight is 254 g/mol. The van der Waals surface area contributed by atoms with E-state index in [1.807, 2.05) is 31.2 Å². The Kier molecular flexibility index (Phi) is 4.00. The van der Waals surface area contributed by atoms with E-state index in [0.717, 1.165) is 16.7 Å².